The third-order valence-corrected chi connectivity index (χ3v) is 16.6. The second-order valence-electron chi connectivity index (χ2n) is 13.2. The van der Waals surface area contributed by atoms with Gasteiger partial charge in [-0.15, -0.1) is 45.3 Å². The van der Waals surface area contributed by atoms with Gasteiger partial charge in [0.25, 0.3) is 0 Å². The van der Waals surface area contributed by atoms with Crippen LogP contribution in [0.1, 0.15) is 57.9 Å². The second kappa shape index (κ2) is 13.7. The Hall–Kier alpha value is -3.62. The van der Waals surface area contributed by atoms with Crippen molar-refractivity contribution in [2.24, 2.45) is 0 Å². The van der Waals surface area contributed by atoms with Gasteiger partial charge in [0.05, 0.1) is 4.88 Å². The topological polar surface area (TPSA) is 0 Å². The van der Waals surface area contributed by atoms with E-state index in [4.69, 9.17) is 0 Å². The van der Waals surface area contributed by atoms with Crippen LogP contribution in [-0.4, -0.2) is 0 Å². The lowest BCUT2D eigenvalue weighted by molar-refractivity contribution is 1.01. The Balaban J connectivity index is 1.10. The van der Waals surface area contributed by atoms with Crippen molar-refractivity contribution in [1.82, 2.24) is 0 Å². The molecule has 0 N–H and O–H groups in total. The van der Waals surface area contributed by atoms with Gasteiger partial charge in [0.15, 0.2) is 0 Å². The van der Waals surface area contributed by atoms with E-state index in [0.29, 0.717) is 0 Å². The van der Waals surface area contributed by atoms with Gasteiger partial charge in [-0.3, -0.25) is 0 Å². The molecule has 6 heterocycles. The number of benzene rings is 1. The molecule has 4 aliphatic rings. The molecule has 1 aliphatic heterocycles. The van der Waals surface area contributed by atoms with Crippen molar-refractivity contribution >= 4 is 90.1 Å². The molecule has 0 saturated carbocycles. The fraction of sp³-hybridized carbons (Fsp3) is 0.133. The van der Waals surface area contributed by atoms with Gasteiger partial charge in [-0.05, 0) is 135 Å². The number of allylic oxidation sites excluding steroid dienone is 10. The van der Waals surface area contributed by atoms with E-state index in [1.807, 2.05) is 68.4 Å². The first-order valence-corrected chi connectivity index (χ1v) is 22.6. The van der Waals surface area contributed by atoms with Crippen LogP contribution in [-0.2, 0) is 6.42 Å². The van der Waals surface area contributed by atoms with Crippen LogP contribution in [0.25, 0.3) is 41.8 Å². The van der Waals surface area contributed by atoms with E-state index in [9.17, 15) is 0 Å². The average Bonchev–Trinajstić information content (AvgIpc) is 4.01. The first kappa shape index (κ1) is 32.1. The minimum Gasteiger partial charge on any atom is -0.144 e. The molecule has 0 atom stereocenters. The van der Waals surface area contributed by atoms with Crippen LogP contribution in [0.3, 0.4) is 0 Å². The van der Waals surface area contributed by atoms with Crippen molar-refractivity contribution in [3.63, 3.8) is 0 Å². The first-order chi connectivity index (χ1) is 25.3. The summed E-state index contributed by atoms with van der Waals surface area (Å²) in [6, 6.07) is 31.5. The lowest BCUT2D eigenvalue weighted by atomic mass is 9.95. The number of rotatable bonds is 7. The Kier molecular flexibility index (Phi) is 8.64. The highest BCUT2D eigenvalue weighted by Crippen LogP contribution is 2.55. The summed E-state index contributed by atoms with van der Waals surface area (Å²) in [5.74, 6) is 0. The second-order valence-corrected chi connectivity index (χ2v) is 19.1. The summed E-state index contributed by atoms with van der Waals surface area (Å²) in [4.78, 5) is 11.2. The molecule has 0 amide bonds. The molecular weight excluding hydrogens is 733 g/mol. The van der Waals surface area contributed by atoms with E-state index < -0.39 is 0 Å². The summed E-state index contributed by atoms with van der Waals surface area (Å²) in [5, 5.41) is 8.83. The molecule has 6 heteroatoms. The van der Waals surface area contributed by atoms with Gasteiger partial charge < -0.3 is 0 Å². The van der Waals surface area contributed by atoms with E-state index in [0.717, 1.165) is 38.5 Å². The number of hydrogen-bond acceptors (Lipinski definition) is 5. The zero-order chi connectivity index (χ0) is 33.7. The maximum atomic E-state index is 2.60. The smallest absolute Gasteiger partial charge is 0.144 e. The van der Waals surface area contributed by atoms with E-state index in [1.165, 1.54) is 94.8 Å². The van der Waals surface area contributed by atoms with E-state index in [1.54, 1.807) is 0 Å². The summed E-state index contributed by atoms with van der Waals surface area (Å²) in [6.07, 6.45) is 14.3. The lowest BCUT2D eigenvalue weighted by Crippen LogP contribution is -1.94. The van der Waals surface area contributed by atoms with E-state index in [2.05, 4.69) is 125 Å². The molecule has 5 aromatic heterocycles. The molecule has 0 saturated heterocycles. The summed E-state index contributed by atoms with van der Waals surface area (Å²) in [7, 11) is 0. The van der Waals surface area contributed by atoms with Gasteiger partial charge in [0, 0.05) is 47.2 Å². The van der Waals surface area contributed by atoms with E-state index in [-0.39, 0.29) is 0 Å². The maximum absolute atomic E-state index is 2.60. The Morgan fingerprint density at radius 3 is 1.98 bits per heavy atom. The van der Waals surface area contributed by atoms with Gasteiger partial charge >= 0.3 is 0 Å². The van der Waals surface area contributed by atoms with Crippen LogP contribution in [0.5, 0.6) is 0 Å². The van der Waals surface area contributed by atoms with Crippen molar-refractivity contribution in [2.75, 3.05) is 0 Å². The summed E-state index contributed by atoms with van der Waals surface area (Å²) in [6.45, 7) is 0. The van der Waals surface area contributed by atoms with Crippen molar-refractivity contribution < 1.29 is 0 Å². The SMILES string of the molecule is C1=C(c2cccs2)SC2=C(/C=C3\CCC(/C=C4\CCc5c(-c6cccs6)cc(-c6cccs6)[s+]c54)=C3c3ccccc3)CCC2=C1c1cccs1. The molecule has 0 bridgehead atoms. The fourth-order valence-corrected chi connectivity index (χ4v) is 13.6. The van der Waals surface area contributed by atoms with Gasteiger partial charge in [-0.2, -0.15) is 0 Å². The highest BCUT2D eigenvalue weighted by molar-refractivity contribution is 8.12. The zero-order valence-electron chi connectivity index (χ0n) is 27.8. The summed E-state index contributed by atoms with van der Waals surface area (Å²) < 4.78 is 0. The molecule has 6 aromatic rings. The normalized spacial score (nSPS) is 18.8. The molecule has 10 rings (SSSR count). The number of thioether (sulfide) groups is 1. The monoisotopic (exact) mass is 765 g/mol. The summed E-state index contributed by atoms with van der Waals surface area (Å²) >= 11 is 11.4. The Morgan fingerprint density at radius 1 is 0.569 bits per heavy atom. The third kappa shape index (κ3) is 6.00. The first-order valence-electron chi connectivity index (χ1n) is 17.5. The third-order valence-electron chi connectivity index (χ3n) is 10.2. The molecule has 1 aromatic carbocycles. The van der Waals surface area contributed by atoms with Crippen molar-refractivity contribution in [3.05, 3.63) is 178 Å². The molecule has 0 nitrogen and oxygen atoms in total. The van der Waals surface area contributed by atoms with Gasteiger partial charge in [0.2, 0.25) is 21.1 Å². The lowest BCUT2D eigenvalue weighted by Gasteiger charge is -2.19. The zero-order valence-corrected chi connectivity index (χ0v) is 32.7. The van der Waals surface area contributed by atoms with Gasteiger partial charge in [-0.25, -0.2) is 0 Å². The highest BCUT2D eigenvalue weighted by atomic mass is 32.2. The molecule has 0 unspecified atom stereocenters. The van der Waals surface area contributed by atoms with Crippen LogP contribution >= 0.6 is 68.4 Å². The predicted molar refractivity (Wildman–Crippen MR) is 230 cm³/mol. The van der Waals surface area contributed by atoms with Crippen LogP contribution in [0.15, 0.2) is 152 Å². The largest absolute Gasteiger partial charge is 0.249 e. The predicted octanol–water partition coefficient (Wildman–Crippen LogP) is 15.4. The Labute approximate surface area is 323 Å². The van der Waals surface area contributed by atoms with Gasteiger partial charge in [-0.1, -0.05) is 72.4 Å². The quantitative estimate of drug-likeness (QED) is 0.146. The maximum Gasteiger partial charge on any atom is 0.249 e. The Morgan fingerprint density at radius 2 is 1.24 bits per heavy atom. The molecule has 0 radical (unpaired) electrons. The van der Waals surface area contributed by atoms with Crippen LogP contribution in [0, 0.1) is 0 Å². The number of thiophene rings is 4. The van der Waals surface area contributed by atoms with Crippen molar-refractivity contribution in [2.45, 2.75) is 38.5 Å². The number of hydrogen-bond donors (Lipinski definition) is 0. The summed E-state index contributed by atoms with van der Waals surface area (Å²) in [5.41, 5.74) is 14.7. The van der Waals surface area contributed by atoms with Crippen LogP contribution in [0.2, 0.25) is 0 Å². The van der Waals surface area contributed by atoms with E-state index >= 15 is 0 Å². The molecule has 0 fully saturated rings. The molecular formula is C45H33S6+. The highest BCUT2D eigenvalue weighted by Gasteiger charge is 2.34. The van der Waals surface area contributed by atoms with Gasteiger partial charge in [0.1, 0.15) is 0 Å². The van der Waals surface area contributed by atoms with Crippen molar-refractivity contribution in [3.8, 4) is 20.2 Å². The molecule has 51 heavy (non-hydrogen) atoms. The number of fused-ring (bicyclic) bond motifs is 2. The fourth-order valence-electron chi connectivity index (χ4n) is 7.91. The van der Waals surface area contributed by atoms with Crippen LogP contribution in [0.4, 0.5) is 0 Å². The van der Waals surface area contributed by atoms with Crippen LogP contribution < -0.4 is 0 Å². The Bertz CT molecular complexity index is 2440. The molecule has 3 aliphatic carbocycles. The molecule has 0 spiro atoms. The standard InChI is InChI=1S/C45H33S6/c1-2-8-28(9-3-1)43-29(24-31-16-18-33-35(37-10-4-20-46-37)26-41(50-44(31)33)39-12-6-22-48-39)14-15-30(43)25-32-17-19-34-36(38-11-5-21-47-38)27-42(51-45(32)34)40-13-7-23-49-40/h1-13,20-27H,14-19H2/q+1. The molecule has 248 valence electrons. The minimum atomic E-state index is 1.08. The minimum absolute atomic E-state index is 1.08. The average molecular weight is 766 g/mol. The van der Waals surface area contributed by atoms with Crippen molar-refractivity contribution in [1.29, 1.82) is 0 Å².